The van der Waals surface area contributed by atoms with Crippen molar-refractivity contribution in [1.29, 1.82) is 0 Å². The predicted molar refractivity (Wildman–Crippen MR) is 351 cm³/mol. The van der Waals surface area contributed by atoms with Crippen LogP contribution in [0.4, 0.5) is 0 Å². The topological polar surface area (TPSA) is 359 Å². The van der Waals surface area contributed by atoms with Gasteiger partial charge in [-0.1, -0.05) is 167 Å². The Morgan fingerprint density at radius 3 is 1.79 bits per heavy atom. The molecule has 6 heterocycles. The molecule has 27 atom stereocenters. The van der Waals surface area contributed by atoms with Crippen molar-refractivity contribution < 1.29 is 126 Å². The quantitative estimate of drug-likeness (QED) is 0.0190. The van der Waals surface area contributed by atoms with Crippen LogP contribution in [0.15, 0.2) is 36.4 Å². The van der Waals surface area contributed by atoms with Crippen LogP contribution in [-0.2, 0) is 85.5 Å². The van der Waals surface area contributed by atoms with Gasteiger partial charge in [-0.25, -0.2) is 4.79 Å². The number of unbranched alkanes of at least 4 members (excludes halogenated alkanes) is 10. The minimum Gasteiger partial charge on any atom is -0.455 e. The third kappa shape index (κ3) is 23.3. The van der Waals surface area contributed by atoms with Gasteiger partial charge in [0.1, 0.15) is 73.2 Å². The normalized spacial score (nSPS) is 38.3. The van der Waals surface area contributed by atoms with Crippen molar-refractivity contribution in [1.82, 2.24) is 0 Å². The van der Waals surface area contributed by atoms with E-state index >= 15 is 0 Å². The van der Waals surface area contributed by atoms with Crippen LogP contribution in [0.2, 0.25) is 0 Å². The van der Waals surface area contributed by atoms with Gasteiger partial charge >= 0.3 is 23.9 Å². The summed E-state index contributed by atoms with van der Waals surface area (Å²) in [6.45, 7) is 12.9. The van der Waals surface area contributed by atoms with Gasteiger partial charge in [0, 0.05) is 18.9 Å². The molecule has 6 fully saturated rings. The van der Waals surface area contributed by atoms with E-state index in [-0.39, 0.29) is 18.9 Å². The fraction of sp³-hybridized carbons (Fsp3) is 0.833. The second-order valence-corrected chi connectivity index (χ2v) is 27.5. The number of carbonyl (C=O) groups excluding carboxylic acids is 4. The molecule has 0 aromatic heterocycles. The second-order valence-electron chi connectivity index (χ2n) is 27.5. The number of benzene rings is 1. The third-order valence-electron chi connectivity index (χ3n) is 19.6. The van der Waals surface area contributed by atoms with Crippen LogP contribution in [0.3, 0.4) is 0 Å². The largest absolute Gasteiger partial charge is 0.455 e. The first-order valence-corrected chi connectivity index (χ1v) is 36.5. The van der Waals surface area contributed by atoms with Crippen molar-refractivity contribution in [2.45, 2.75) is 369 Å². The van der Waals surface area contributed by atoms with Crippen LogP contribution in [0, 0.1) is 5.92 Å². The number of hydrogen-bond donors (Lipinski definition) is 8. The van der Waals surface area contributed by atoms with Crippen molar-refractivity contribution in [3.8, 4) is 0 Å². The fourth-order valence-electron chi connectivity index (χ4n) is 13.4. The molecule has 0 radical (unpaired) electrons. The molecule has 6 aliphatic rings. The monoisotopic (exact) mass is 1400 g/mol. The summed E-state index contributed by atoms with van der Waals surface area (Å²) in [5, 5.41) is 92.6. The lowest BCUT2D eigenvalue weighted by Crippen LogP contribution is -2.68. The molecule has 1 aromatic rings. The first-order chi connectivity index (χ1) is 47.1. The molecule has 27 unspecified atom stereocenters. The highest BCUT2D eigenvalue weighted by Crippen LogP contribution is 2.40. The van der Waals surface area contributed by atoms with Crippen LogP contribution in [-0.4, -0.2) is 231 Å². The third-order valence-corrected chi connectivity index (χ3v) is 19.6. The maximum Gasteiger partial charge on any atom is 0.331 e. The highest BCUT2D eigenvalue weighted by atomic mass is 16.8. The molecule has 7 rings (SSSR count). The molecule has 26 heteroatoms. The van der Waals surface area contributed by atoms with Gasteiger partial charge in [0.05, 0.1) is 43.0 Å². The highest BCUT2D eigenvalue weighted by Gasteiger charge is 2.59. The van der Waals surface area contributed by atoms with Crippen LogP contribution < -0.4 is 0 Å². The van der Waals surface area contributed by atoms with E-state index in [1.54, 1.807) is 51.1 Å². The van der Waals surface area contributed by atoms with Crippen LogP contribution in [0.1, 0.15) is 215 Å². The SMILES string of the molecule is CCCCCCCCCCCC(=O)OC1C(OC2C(C)OC3OC4C(OC(CCCCC)CCCCCCCCCC(=O)OC3C2O)OC(C)C(O)C4O)OC(C)C(OC2OC(C)C(OC(=O)C(C)CC)C(OC(=O)C=Cc3ccccc3)C2O)C1OC1OC(CO)C(O)C(O)C1O. The Bertz CT molecular complexity index is 2510. The summed E-state index contributed by atoms with van der Waals surface area (Å²) in [7, 11) is 0. The molecule has 0 amide bonds. The maximum absolute atomic E-state index is 14.6. The molecule has 0 bridgehead atoms. The van der Waals surface area contributed by atoms with Gasteiger partial charge < -0.3 is 107 Å². The molecule has 8 N–H and O–H groups in total. The Labute approximate surface area is 577 Å². The number of fused-ring (bicyclic) bond motifs is 2. The smallest absolute Gasteiger partial charge is 0.331 e. The summed E-state index contributed by atoms with van der Waals surface area (Å²) in [4.78, 5) is 55.8. The van der Waals surface area contributed by atoms with Crippen LogP contribution in [0.25, 0.3) is 6.08 Å². The van der Waals surface area contributed by atoms with E-state index in [1.165, 1.54) is 26.8 Å². The lowest BCUT2D eigenvalue weighted by Gasteiger charge is -2.51. The van der Waals surface area contributed by atoms with Gasteiger partial charge in [0.2, 0.25) is 0 Å². The van der Waals surface area contributed by atoms with Gasteiger partial charge in [0.25, 0.3) is 0 Å². The Morgan fingerprint density at radius 2 is 1.10 bits per heavy atom. The minimum atomic E-state index is -2.05. The van der Waals surface area contributed by atoms with E-state index in [9.17, 15) is 60.0 Å². The summed E-state index contributed by atoms with van der Waals surface area (Å²) >= 11 is 0. The number of carbonyl (C=O) groups is 4. The summed E-state index contributed by atoms with van der Waals surface area (Å²) in [6, 6.07) is 8.85. The zero-order valence-electron chi connectivity index (χ0n) is 58.7. The Hall–Kier alpha value is -3.88. The summed E-state index contributed by atoms with van der Waals surface area (Å²) < 4.78 is 89.4. The van der Waals surface area contributed by atoms with Gasteiger partial charge in [0.15, 0.2) is 55.9 Å². The lowest BCUT2D eigenvalue weighted by molar-refractivity contribution is -0.400. The van der Waals surface area contributed by atoms with Crippen LogP contribution >= 0.6 is 0 Å². The Kier molecular flexibility index (Phi) is 34.4. The van der Waals surface area contributed by atoms with Crippen molar-refractivity contribution in [3.63, 3.8) is 0 Å². The predicted octanol–water partition coefficient (Wildman–Crippen LogP) is 6.57. The summed E-state index contributed by atoms with van der Waals surface area (Å²) in [6.07, 6.45) is -19.7. The van der Waals surface area contributed by atoms with Crippen molar-refractivity contribution in [2.75, 3.05) is 6.61 Å². The van der Waals surface area contributed by atoms with E-state index in [1.807, 2.05) is 0 Å². The lowest BCUT2D eigenvalue weighted by atomic mass is 9.95. The van der Waals surface area contributed by atoms with E-state index in [4.69, 9.17) is 66.3 Å². The minimum absolute atomic E-state index is 0.0529. The Morgan fingerprint density at radius 1 is 0.520 bits per heavy atom. The standard InChI is InChI=1S/C72H116O26/c1-9-12-14-15-16-17-20-23-31-37-50(75)93-66-65(98-68-56(81)54(79)53(78)48(40-73)90-68)61(96-69-58(83)62(60(44(7)86-69)94-67(84)41(4)11-3)91-51(76)39-38-46-32-27-25-28-33-46)45(8)88-72(66)95-59-43(6)87-71-64(57(59)82)92-49(74)36-30-24-21-18-19-22-29-35-47(34-26-13-10-2)89-70-63(97-71)55(80)52(77)42(5)85-70/h25,27-28,32-33,38-39,41-45,47-48,52-66,68-73,77-83H,9-24,26,29-31,34-37,40H2,1-8H3. The number of aliphatic hydroxyl groups is 8. The molecule has 26 nitrogen and oxygen atoms in total. The van der Waals surface area contributed by atoms with E-state index in [2.05, 4.69) is 13.8 Å². The number of ether oxygens (including phenoxy) is 14. The molecule has 560 valence electrons. The number of rotatable bonds is 28. The average Bonchev–Trinajstić information content (AvgIpc) is 0.767. The summed E-state index contributed by atoms with van der Waals surface area (Å²) in [5.74, 6) is -3.73. The van der Waals surface area contributed by atoms with Crippen molar-refractivity contribution >= 4 is 30.0 Å². The van der Waals surface area contributed by atoms with E-state index in [0.29, 0.717) is 44.1 Å². The van der Waals surface area contributed by atoms with Gasteiger partial charge in [-0.2, -0.15) is 0 Å². The Balaban J connectivity index is 1.25. The maximum atomic E-state index is 14.6. The molecule has 0 saturated carbocycles. The van der Waals surface area contributed by atoms with Gasteiger partial charge in [-0.3, -0.25) is 14.4 Å². The summed E-state index contributed by atoms with van der Waals surface area (Å²) in [5.41, 5.74) is 0.653. The molecule has 1 aromatic carbocycles. The van der Waals surface area contributed by atoms with Crippen molar-refractivity contribution in [2.24, 2.45) is 5.92 Å². The molecule has 0 spiro atoms. The van der Waals surface area contributed by atoms with E-state index < -0.39 is 190 Å². The molecule has 98 heavy (non-hydrogen) atoms. The van der Waals surface area contributed by atoms with Gasteiger partial charge in [-0.15, -0.1) is 0 Å². The second kappa shape index (κ2) is 41.4. The van der Waals surface area contributed by atoms with Crippen LogP contribution in [0.5, 0.6) is 0 Å². The van der Waals surface area contributed by atoms with E-state index in [0.717, 1.165) is 109 Å². The molecular formula is C72H116O26. The average molecular weight is 1400 g/mol. The van der Waals surface area contributed by atoms with Gasteiger partial charge in [-0.05, 0) is 71.4 Å². The number of aliphatic hydroxyl groups excluding tert-OH is 8. The zero-order chi connectivity index (χ0) is 71.0. The first kappa shape index (κ1) is 81.4. The molecular weight excluding hydrogens is 1280 g/mol. The highest BCUT2D eigenvalue weighted by molar-refractivity contribution is 5.87. The zero-order valence-corrected chi connectivity index (χ0v) is 58.7. The molecule has 0 aliphatic carbocycles. The first-order valence-electron chi connectivity index (χ1n) is 36.5. The number of hydrogen-bond acceptors (Lipinski definition) is 26. The molecule has 6 saturated heterocycles. The van der Waals surface area contributed by atoms with Crippen molar-refractivity contribution in [3.05, 3.63) is 42.0 Å². The molecule has 6 aliphatic heterocycles. The number of esters is 4. The fourth-order valence-corrected chi connectivity index (χ4v) is 13.4.